The summed E-state index contributed by atoms with van der Waals surface area (Å²) in [4.78, 5) is 12.3. The molecule has 5 heteroatoms. The van der Waals surface area contributed by atoms with E-state index in [4.69, 9.17) is 4.74 Å². The van der Waals surface area contributed by atoms with Crippen LogP contribution in [0.4, 0.5) is 5.69 Å². The molecule has 0 spiro atoms. The molecule has 0 unspecified atom stereocenters. The van der Waals surface area contributed by atoms with Gasteiger partial charge in [-0.05, 0) is 39.0 Å². The average Bonchev–Trinajstić information content (AvgIpc) is 2.82. The number of ether oxygens (including phenoxy) is 1. The van der Waals surface area contributed by atoms with Crippen molar-refractivity contribution in [1.82, 2.24) is 9.78 Å². The second-order valence-electron chi connectivity index (χ2n) is 4.37. The first-order chi connectivity index (χ1) is 9.65. The zero-order chi connectivity index (χ0) is 14.5. The van der Waals surface area contributed by atoms with Gasteiger partial charge in [0, 0.05) is 6.54 Å². The number of carbonyl (C=O) groups excluding carboxylic acids is 1. The maximum atomic E-state index is 12.3. The number of para-hydroxylation sites is 2. The van der Waals surface area contributed by atoms with Crippen molar-refractivity contribution in [3.63, 3.8) is 0 Å². The van der Waals surface area contributed by atoms with Crippen LogP contribution in [0.25, 0.3) is 0 Å². The van der Waals surface area contributed by atoms with Crippen LogP contribution in [0.3, 0.4) is 0 Å². The van der Waals surface area contributed by atoms with Gasteiger partial charge in [0.1, 0.15) is 11.4 Å². The number of amides is 1. The van der Waals surface area contributed by atoms with E-state index in [0.717, 1.165) is 5.69 Å². The topological polar surface area (TPSA) is 56.1 Å². The fraction of sp³-hybridized carbons (Fsp3) is 0.333. The number of nitrogens with zero attached hydrogens (tertiary/aromatic N) is 2. The summed E-state index contributed by atoms with van der Waals surface area (Å²) in [6.07, 6.45) is 0. The van der Waals surface area contributed by atoms with E-state index in [1.807, 2.05) is 45.0 Å². The molecule has 2 aromatic rings. The third-order valence-corrected chi connectivity index (χ3v) is 2.87. The summed E-state index contributed by atoms with van der Waals surface area (Å²) in [5.74, 6) is 0.488. The number of benzene rings is 1. The van der Waals surface area contributed by atoms with Gasteiger partial charge in [-0.3, -0.25) is 9.48 Å². The minimum absolute atomic E-state index is 0.181. The summed E-state index contributed by atoms with van der Waals surface area (Å²) >= 11 is 0. The van der Waals surface area contributed by atoms with E-state index in [1.54, 1.807) is 10.7 Å². The van der Waals surface area contributed by atoms with Gasteiger partial charge >= 0.3 is 0 Å². The first-order valence-electron chi connectivity index (χ1n) is 6.73. The first-order valence-corrected chi connectivity index (χ1v) is 6.73. The van der Waals surface area contributed by atoms with Gasteiger partial charge in [0.05, 0.1) is 18.0 Å². The van der Waals surface area contributed by atoms with Crippen molar-refractivity contribution < 1.29 is 9.53 Å². The highest BCUT2D eigenvalue weighted by atomic mass is 16.5. The van der Waals surface area contributed by atoms with Crippen LogP contribution in [-0.2, 0) is 6.54 Å². The van der Waals surface area contributed by atoms with Crippen LogP contribution in [0.15, 0.2) is 30.3 Å². The molecule has 0 fully saturated rings. The highest BCUT2D eigenvalue weighted by Gasteiger charge is 2.14. The molecule has 20 heavy (non-hydrogen) atoms. The zero-order valence-corrected chi connectivity index (χ0v) is 12.0. The lowest BCUT2D eigenvalue weighted by molar-refractivity contribution is 0.101. The molecular formula is C15H19N3O2. The van der Waals surface area contributed by atoms with Crippen LogP contribution in [-0.4, -0.2) is 22.3 Å². The number of anilines is 1. The second-order valence-corrected chi connectivity index (χ2v) is 4.37. The highest BCUT2D eigenvalue weighted by molar-refractivity contribution is 6.03. The van der Waals surface area contributed by atoms with Gasteiger partial charge in [0.2, 0.25) is 0 Å². The van der Waals surface area contributed by atoms with E-state index >= 15 is 0 Å². The third kappa shape index (κ3) is 2.99. The highest BCUT2D eigenvalue weighted by Crippen LogP contribution is 2.24. The van der Waals surface area contributed by atoms with E-state index in [2.05, 4.69) is 10.4 Å². The van der Waals surface area contributed by atoms with Crippen molar-refractivity contribution in [2.75, 3.05) is 11.9 Å². The van der Waals surface area contributed by atoms with Crippen molar-refractivity contribution in [1.29, 1.82) is 0 Å². The molecule has 0 aliphatic rings. The molecule has 2 rings (SSSR count). The molecule has 0 aliphatic carbocycles. The number of aromatic nitrogens is 2. The van der Waals surface area contributed by atoms with Crippen molar-refractivity contribution in [3.8, 4) is 5.75 Å². The van der Waals surface area contributed by atoms with Gasteiger partial charge in [-0.2, -0.15) is 5.10 Å². The molecule has 1 aromatic heterocycles. The molecule has 0 atom stereocenters. The first kappa shape index (κ1) is 14.1. The SMILES string of the molecule is CCOc1ccccc1NC(=O)c1cc(C)nn1CC. The summed E-state index contributed by atoms with van der Waals surface area (Å²) in [5.41, 5.74) is 2.05. The largest absolute Gasteiger partial charge is 0.492 e. The summed E-state index contributed by atoms with van der Waals surface area (Å²) in [5, 5.41) is 7.15. The Hall–Kier alpha value is -2.30. The Labute approximate surface area is 118 Å². The van der Waals surface area contributed by atoms with Gasteiger partial charge in [0.15, 0.2) is 0 Å². The number of carbonyl (C=O) groups is 1. The number of aryl methyl sites for hydroxylation is 2. The van der Waals surface area contributed by atoms with E-state index in [9.17, 15) is 4.79 Å². The fourth-order valence-corrected chi connectivity index (χ4v) is 2.01. The Morgan fingerprint density at radius 2 is 2.10 bits per heavy atom. The lowest BCUT2D eigenvalue weighted by Crippen LogP contribution is -2.17. The van der Waals surface area contributed by atoms with Crippen molar-refractivity contribution >= 4 is 11.6 Å². The molecule has 5 nitrogen and oxygen atoms in total. The predicted octanol–water partition coefficient (Wildman–Crippen LogP) is 2.86. The molecule has 1 heterocycles. The van der Waals surface area contributed by atoms with E-state index in [-0.39, 0.29) is 5.91 Å². The molecule has 1 amide bonds. The Kier molecular flexibility index (Phi) is 4.40. The molecule has 106 valence electrons. The third-order valence-electron chi connectivity index (χ3n) is 2.87. The van der Waals surface area contributed by atoms with Crippen LogP contribution in [0.1, 0.15) is 30.0 Å². The van der Waals surface area contributed by atoms with Crippen LogP contribution >= 0.6 is 0 Å². The molecule has 0 saturated carbocycles. The van der Waals surface area contributed by atoms with Crippen LogP contribution in [0.2, 0.25) is 0 Å². The maximum absolute atomic E-state index is 12.3. The summed E-state index contributed by atoms with van der Waals surface area (Å²) in [6.45, 7) is 6.95. The van der Waals surface area contributed by atoms with Gasteiger partial charge in [-0.15, -0.1) is 0 Å². The molecule has 0 aliphatic heterocycles. The van der Waals surface area contributed by atoms with E-state index in [1.165, 1.54) is 0 Å². The van der Waals surface area contributed by atoms with Gasteiger partial charge in [0.25, 0.3) is 5.91 Å². The van der Waals surface area contributed by atoms with Gasteiger partial charge in [-0.25, -0.2) is 0 Å². The molecule has 0 bridgehead atoms. The normalized spacial score (nSPS) is 10.3. The Morgan fingerprint density at radius 1 is 1.35 bits per heavy atom. The maximum Gasteiger partial charge on any atom is 0.274 e. The van der Waals surface area contributed by atoms with Gasteiger partial charge in [-0.1, -0.05) is 12.1 Å². The van der Waals surface area contributed by atoms with Crippen molar-refractivity contribution in [2.45, 2.75) is 27.3 Å². The lowest BCUT2D eigenvalue weighted by Gasteiger charge is -2.11. The number of nitrogens with one attached hydrogen (secondary N) is 1. The Bertz CT molecular complexity index is 605. The summed E-state index contributed by atoms with van der Waals surface area (Å²) < 4.78 is 7.19. The fourth-order valence-electron chi connectivity index (χ4n) is 2.01. The molecule has 0 saturated heterocycles. The van der Waals surface area contributed by atoms with Crippen molar-refractivity contribution in [3.05, 3.63) is 41.7 Å². The average molecular weight is 273 g/mol. The quantitative estimate of drug-likeness (QED) is 0.911. The standard InChI is InChI=1S/C15H19N3O2/c1-4-18-13(10-11(3)17-18)15(19)16-12-8-6-7-9-14(12)20-5-2/h6-10H,4-5H2,1-3H3,(H,16,19). The van der Waals surface area contributed by atoms with Crippen LogP contribution in [0, 0.1) is 6.92 Å². The van der Waals surface area contributed by atoms with E-state index < -0.39 is 0 Å². The number of hydrogen-bond acceptors (Lipinski definition) is 3. The molecule has 0 radical (unpaired) electrons. The number of hydrogen-bond donors (Lipinski definition) is 1. The molecule has 1 N–H and O–H groups in total. The lowest BCUT2D eigenvalue weighted by atomic mass is 10.2. The minimum Gasteiger partial charge on any atom is -0.492 e. The summed E-state index contributed by atoms with van der Waals surface area (Å²) in [7, 11) is 0. The zero-order valence-electron chi connectivity index (χ0n) is 12.0. The second kappa shape index (κ2) is 6.23. The Balaban J connectivity index is 2.23. The monoisotopic (exact) mass is 273 g/mol. The molecular weight excluding hydrogens is 254 g/mol. The number of rotatable bonds is 5. The predicted molar refractivity (Wildman–Crippen MR) is 78.2 cm³/mol. The molecule has 1 aromatic carbocycles. The van der Waals surface area contributed by atoms with E-state index in [0.29, 0.717) is 30.3 Å². The van der Waals surface area contributed by atoms with Gasteiger partial charge < -0.3 is 10.1 Å². The van der Waals surface area contributed by atoms with Crippen LogP contribution < -0.4 is 10.1 Å². The minimum atomic E-state index is -0.181. The van der Waals surface area contributed by atoms with Crippen molar-refractivity contribution in [2.24, 2.45) is 0 Å². The smallest absolute Gasteiger partial charge is 0.274 e. The summed E-state index contributed by atoms with van der Waals surface area (Å²) in [6, 6.07) is 9.17. The Morgan fingerprint density at radius 3 is 2.80 bits per heavy atom. The van der Waals surface area contributed by atoms with Crippen LogP contribution in [0.5, 0.6) is 5.75 Å².